The molecular weight excluding hydrogens is 230 g/mol. The predicted octanol–water partition coefficient (Wildman–Crippen LogP) is 4.22. The van der Waals surface area contributed by atoms with E-state index in [1.807, 2.05) is 0 Å². The molecule has 1 fully saturated rings. The molecule has 1 aliphatic heterocycles. The van der Waals surface area contributed by atoms with E-state index in [1.165, 1.54) is 36.3 Å². The van der Waals surface area contributed by atoms with Gasteiger partial charge in [0.1, 0.15) is 0 Å². The Morgan fingerprint density at radius 2 is 2.18 bits per heavy atom. The van der Waals surface area contributed by atoms with Crippen LogP contribution < -0.4 is 4.90 Å². The van der Waals surface area contributed by atoms with Crippen LogP contribution in [0.2, 0.25) is 0 Å². The smallest absolute Gasteiger partial charge is 0.0476 e. The SMILES string of the molecule is Cc1cc(N2CCC(C(C)C)C2)ccc1CCl. The van der Waals surface area contributed by atoms with Gasteiger partial charge in [-0.3, -0.25) is 0 Å². The number of aryl methyl sites for hydroxylation is 1. The van der Waals surface area contributed by atoms with Gasteiger partial charge in [-0.05, 0) is 48.4 Å². The lowest BCUT2D eigenvalue weighted by Crippen LogP contribution is -2.21. The minimum absolute atomic E-state index is 0.612. The number of hydrogen-bond donors (Lipinski definition) is 0. The van der Waals surface area contributed by atoms with Gasteiger partial charge in [0.25, 0.3) is 0 Å². The normalized spacial score (nSPS) is 20.3. The van der Waals surface area contributed by atoms with Crippen LogP contribution in [-0.4, -0.2) is 13.1 Å². The number of halogens is 1. The lowest BCUT2D eigenvalue weighted by atomic mass is 9.95. The van der Waals surface area contributed by atoms with E-state index in [0.717, 1.165) is 11.8 Å². The van der Waals surface area contributed by atoms with Crippen molar-refractivity contribution < 1.29 is 0 Å². The molecule has 2 heteroatoms. The lowest BCUT2D eigenvalue weighted by molar-refractivity contribution is 0.423. The highest BCUT2D eigenvalue weighted by Crippen LogP contribution is 2.29. The lowest BCUT2D eigenvalue weighted by Gasteiger charge is -2.21. The van der Waals surface area contributed by atoms with E-state index in [9.17, 15) is 0 Å². The van der Waals surface area contributed by atoms with E-state index in [4.69, 9.17) is 11.6 Å². The summed E-state index contributed by atoms with van der Waals surface area (Å²) in [5.41, 5.74) is 3.92. The first kappa shape index (κ1) is 12.8. The zero-order valence-electron chi connectivity index (χ0n) is 11.0. The minimum Gasteiger partial charge on any atom is -0.371 e. The van der Waals surface area contributed by atoms with E-state index in [2.05, 4.69) is 43.9 Å². The maximum atomic E-state index is 5.90. The molecule has 1 atom stereocenters. The zero-order valence-corrected chi connectivity index (χ0v) is 11.8. The predicted molar refractivity (Wildman–Crippen MR) is 75.9 cm³/mol. The van der Waals surface area contributed by atoms with Gasteiger partial charge in [0.15, 0.2) is 0 Å². The van der Waals surface area contributed by atoms with Crippen LogP contribution >= 0.6 is 11.6 Å². The summed E-state index contributed by atoms with van der Waals surface area (Å²) in [6.45, 7) is 9.21. The Morgan fingerprint density at radius 3 is 2.71 bits per heavy atom. The van der Waals surface area contributed by atoms with Crippen molar-refractivity contribution in [2.24, 2.45) is 11.8 Å². The van der Waals surface area contributed by atoms with Gasteiger partial charge < -0.3 is 4.90 Å². The van der Waals surface area contributed by atoms with Crippen LogP contribution in [0.25, 0.3) is 0 Å². The van der Waals surface area contributed by atoms with Crippen molar-refractivity contribution in [3.05, 3.63) is 29.3 Å². The second-order valence-electron chi connectivity index (χ2n) is 5.48. The number of nitrogens with zero attached hydrogens (tertiary/aromatic N) is 1. The molecule has 0 saturated carbocycles. The van der Waals surface area contributed by atoms with E-state index >= 15 is 0 Å². The molecule has 17 heavy (non-hydrogen) atoms. The molecule has 0 N–H and O–H groups in total. The molecule has 0 spiro atoms. The fourth-order valence-electron chi connectivity index (χ4n) is 2.59. The molecular formula is C15H22ClN. The van der Waals surface area contributed by atoms with Crippen molar-refractivity contribution in [3.8, 4) is 0 Å². The van der Waals surface area contributed by atoms with Crippen molar-refractivity contribution >= 4 is 17.3 Å². The molecule has 1 nitrogen and oxygen atoms in total. The summed E-state index contributed by atoms with van der Waals surface area (Å²) in [6, 6.07) is 6.66. The quantitative estimate of drug-likeness (QED) is 0.728. The van der Waals surface area contributed by atoms with Crippen LogP contribution in [0.15, 0.2) is 18.2 Å². The largest absolute Gasteiger partial charge is 0.371 e. The number of anilines is 1. The topological polar surface area (TPSA) is 3.24 Å². The van der Waals surface area contributed by atoms with Gasteiger partial charge in [-0.2, -0.15) is 0 Å². The first-order chi connectivity index (χ1) is 8.11. The van der Waals surface area contributed by atoms with Gasteiger partial charge in [0.05, 0.1) is 0 Å². The summed E-state index contributed by atoms with van der Waals surface area (Å²) in [7, 11) is 0. The van der Waals surface area contributed by atoms with Gasteiger partial charge in [-0.15, -0.1) is 11.6 Å². The molecule has 0 aromatic heterocycles. The minimum atomic E-state index is 0.612. The highest BCUT2D eigenvalue weighted by atomic mass is 35.5. The first-order valence-corrected chi connectivity index (χ1v) is 7.05. The van der Waals surface area contributed by atoms with Crippen LogP contribution in [0.3, 0.4) is 0 Å². The van der Waals surface area contributed by atoms with Crippen LogP contribution in [0.1, 0.15) is 31.4 Å². The van der Waals surface area contributed by atoms with Crippen LogP contribution in [0.5, 0.6) is 0 Å². The number of hydrogen-bond acceptors (Lipinski definition) is 1. The average Bonchev–Trinajstić information content (AvgIpc) is 2.78. The molecule has 2 rings (SSSR count). The molecule has 0 aliphatic carbocycles. The van der Waals surface area contributed by atoms with Gasteiger partial charge in [-0.1, -0.05) is 19.9 Å². The number of benzene rings is 1. The molecule has 1 unspecified atom stereocenters. The summed E-state index contributed by atoms with van der Waals surface area (Å²) in [5, 5.41) is 0. The Kier molecular flexibility index (Phi) is 3.98. The fraction of sp³-hybridized carbons (Fsp3) is 0.600. The second-order valence-corrected chi connectivity index (χ2v) is 5.75. The van der Waals surface area contributed by atoms with Crippen LogP contribution in [0, 0.1) is 18.8 Å². The third-order valence-electron chi connectivity index (χ3n) is 4.00. The third kappa shape index (κ3) is 2.77. The summed E-state index contributed by atoms with van der Waals surface area (Å²) >= 11 is 5.90. The van der Waals surface area contributed by atoms with Gasteiger partial charge in [0.2, 0.25) is 0 Å². The van der Waals surface area contributed by atoms with Crippen molar-refractivity contribution in [1.29, 1.82) is 0 Å². The number of rotatable bonds is 3. The summed E-state index contributed by atoms with van der Waals surface area (Å²) in [6.07, 6.45) is 1.33. The van der Waals surface area contributed by atoms with Crippen molar-refractivity contribution in [1.82, 2.24) is 0 Å². The standard InChI is InChI=1S/C15H22ClN/c1-11(2)14-6-7-17(10-14)15-5-4-13(9-16)12(3)8-15/h4-5,8,11,14H,6-7,9-10H2,1-3H3. The third-order valence-corrected chi connectivity index (χ3v) is 4.29. The van der Waals surface area contributed by atoms with E-state index in [1.54, 1.807) is 0 Å². The molecule has 1 aromatic rings. The molecule has 0 radical (unpaired) electrons. The Morgan fingerprint density at radius 1 is 1.41 bits per heavy atom. The van der Waals surface area contributed by atoms with E-state index in [0.29, 0.717) is 5.88 Å². The Bertz CT molecular complexity index is 387. The van der Waals surface area contributed by atoms with Crippen LogP contribution in [0.4, 0.5) is 5.69 Å². The zero-order chi connectivity index (χ0) is 12.4. The second kappa shape index (κ2) is 5.30. The Hall–Kier alpha value is -0.690. The van der Waals surface area contributed by atoms with Crippen molar-refractivity contribution in [2.45, 2.75) is 33.1 Å². The molecule has 94 valence electrons. The van der Waals surface area contributed by atoms with Crippen LogP contribution in [-0.2, 0) is 5.88 Å². The Balaban J connectivity index is 2.11. The average molecular weight is 252 g/mol. The van der Waals surface area contributed by atoms with Gasteiger partial charge >= 0.3 is 0 Å². The van der Waals surface area contributed by atoms with Crippen molar-refractivity contribution in [3.63, 3.8) is 0 Å². The molecule has 0 amide bonds. The monoisotopic (exact) mass is 251 g/mol. The number of alkyl halides is 1. The molecule has 0 bridgehead atoms. The highest BCUT2D eigenvalue weighted by Gasteiger charge is 2.24. The maximum absolute atomic E-state index is 5.90. The highest BCUT2D eigenvalue weighted by molar-refractivity contribution is 6.17. The molecule has 1 saturated heterocycles. The summed E-state index contributed by atoms with van der Waals surface area (Å²) in [4.78, 5) is 2.51. The molecule has 1 heterocycles. The molecule has 1 aromatic carbocycles. The molecule has 1 aliphatic rings. The maximum Gasteiger partial charge on any atom is 0.0476 e. The van der Waals surface area contributed by atoms with Crippen molar-refractivity contribution in [2.75, 3.05) is 18.0 Å². The van der Waals surface area contributed by atoms with E-state index < -0.39 is 0 Å². The van der Waals surface area contributed by atoms with Gasteiger partial charge in [0, 0.05) is 24.7 Å². The Labute approximate surface area is 110 Å². The summed E-state index contributed by atoms with van der Waals surface area (Å²) < 4.78 is 0. The fourth-order valence-corrected chi connectivity index (χ4v) is 2.89. The van der Waals surface area contributed by atoms with Gasteiger partial charge in [-0.25, -0.2) is 0 Å². The summed E-state index contributed by atoms with van der Waals surface area (Å²) in [5.74, 6) is 2.26. The van der Waals surface area contributed by atoms with E-state index in [-0.39, 0.29) is 0 Å². The first-order valence-electron chi connectivity index (χ1n) is 6.52.